The van der Waals surface area contributed by atoms with Crippen molar-refractivity contribution < 1.29 is 0 Å². The van der Waals surface area contributed by atoms with Crippen molar-refractivity contribution in [2.24, 2.45) is 5.92 Å². The van der Waals surface area contributed by atoms with E-state index >= 15 is 0 Å². The first-order valence-electron chi connectivity index (χ1n) is 7.47. The fraction of sp³-hybridized carbons (Fsp3) is 0.529. The van der Waals surface area contributed by atoms with E-state index in [1.165, 1.54) is 44.5 Å². The Morgan fingerprint density at radius 2 is 1.95 bits per heavy atom. The summed E-state index contributed by atoms with van der Waals surface area (Å²) in [5.74, 6) is 0.932. The summed E-state index contributed by atoms with van der Waals surface area (Å²) in [6.07, 6.45) is 8.59. The van der Waals surface area contributed by atoms with Crippen molar-refractivity contribution in [2.45, 2.75) is 19.3 Å². The predicted octanol–water partition coefficient (Wildman–Crippen LogP) is 3.02. The van der Waals surface area contributed by atoms with Gasteiger partial charge in [-0.25, -0.2) is 0 Å². The van der Waals surface area contributed by atoms with E-state index in [9.17, 15) is 0 Å². The number of nitrogens with zero attached hydrogens (tertiary/aromatic N) is 1. The van der Waals surface area contributed by atoms with Crippen LogP contribution in [-0.4, -0.2) is 38.1 Å². The van der Waals surface area contributed by atoms with E-state index in [0.29, 0.717) is 0 Å². The standard InChI is InChI=1S/C17H26N2/c1-18-12-9-17-10-14-19(15-11-17)13-5-8-16-6-3-2-4-7-16/h2-8,17-18H,9-15H2,1H3/b8-5+. The second kappa shape index (κ2) is 8.13. The van der Waals surface area contributed by atoms with E-state index in [-0.39, 0.29) is 0 Å². The second-order valence-electron chi connectivity index (χ2n) is 5.45. The maximum absolute atomic E-state index is 3.25. The van der Waals surface area contributed by atoms with Gasteiger partial charge in [0.05, 0.1) is 0 Å². The number of hydrogen-bond acceptors (Lipinski definition) is 2. The van der Waals surface area contributed by atoms with Crippen LogP contribution in [0.3, 0.4) is 0 Å². The van der Waals surface area contributed by atoms with Crippen molar-refractivity contribution in [1.29, 1.82) is 0 Å². The Labute approximate surface area is 117 Å². The quantitative estimate of drug-likeness (QED) is 0.844. The summed E-state index contributed by atoms with van der Waals surface area (Å²) >= 11 is 0. The van der Waals surface area contributed by atoms with Crippen molar-refractivity contribution in [3.8, 4) is 0 Å². The molecule has 0 radical (unpaired) electrons. The Kier molecular flexibility index (Phi) is 6.12. The molecule has 0 amide bonds. The monoisotopic (exact) mass is 258 g/mol. The molecule has 0 aliphatic carbocycles. The van der Waals surface area contributed by atoms with E-state index in [2.05, 4.69) is 52.7 Å². The lowest BCUT2D eigenvalue weighted by Crippen LogP contribution is -2.34. The van der Waals surface area contributed by atoms with Gasteiger partial charge >= 0.3 is 0 Å². The molecule has 1 fully saturated rings. The molecule has 1 heterocycles. The van der Waals surface area contributed by atoms with Crippen LogP contribution in [0.4, 0.5) is 0 Å². The average Bonchev–Trinajstić information content (AvgIpc) is 2.47. The van der Waals surface area contributed by atoms with Crippen LogP contribution in [0.1, 0.15) is 24.8 Å². The van der Waals surface area contributed by atoms with Crippen LogP contribution in [0, 0.1) is 5.92 Å². The highest BCUT2D eigenvalue weighted by atomic mass is 15.1. The Balaban J connectivity index is 1.67. The average molecular weight is 258 g/mol. The molecule has 0 atom stereocenters. The summed E-state index contributed by atoms with van der Waals surface area (Å²) < 4.78 is 0. The van der Waals surface area contributed by atoms with Crippen molar-refractivity contribution in [2.75, 3.05) is 33.2 Å². The van der Waals surface area contributed by atoms with Crippen LogP contribution < -0.4 is 5.32 Å². The van der Waals surface area contributed by atoms with Crippen LogP contribution in [-0.2, 0) is 0 Å². The molecule has 1 N–H and O–H groups in total. The molecule has 2 nitrogen and oxygen atoms in total. The van der Waals surface area contributed by atoms with E-state index < -0.39 is 0 Å². The second-order valence-corrected chi connectivity index (χ2v) is 5.45. The van der Waals surface area contributed by atoms with Gasteiger partial charge in [-0.3, -0.25) is 4.90 Å². The van der Waals surface area contributed by atoms with Gasteiger partial charge in [0.2, 0.25) is 0 Å². The van der Waals surface area contributed by atoms with Crippen LogP contribution in [0.5, 0.6) is 0 Å². The fourth-order valence-electron chi connectivity index (χ4n) is 2.71. The zero-order valence-corrected chi connectivity index (χ0v) is 12.0. The molecular formula is C17H26N2. The first-order valence-corrected chi connectivity index (χ1v) is 7.47. The molecule has 0 aromatic heterocycles. The fourth-order valence-corrected chi connectivity index (χ4v) is 2.71. The van der Waals surface area contributed by atoms with Gasteiger partial charge < -0.3 is 5.32 Å². The van der Waals surface area contributed by atoms with Crippen LogP contribution in [0.15, 0.2) is 36.4 Å². The molecule has 1 aliphatic rings. The predicted molar refractivity (Wildman–Crippen MR) is 83.2 cm³/mol. The first-order chi connectivity index (χ1) is 9.38. The summed E-state index contributed by atoms with van der Waals surface area (Å²) in [5.41, 5.74) is 1.30. The van der Waals surface area contributed by atoms with E-state index in [1.807, 2.05) is 7.05 Å². The van der Waals surface area contributed by atoms with Gasteiger partial charge in [0.1, 0.15) is 0 Å². The molecular weight excluding hydrogens is 232 g/mol. The zero-order chi connectivity index (χ0) is 13.3. The first kappa shape index (κ1) is 14.3. The van der Waals surface area contributed by atoms with Gasteiger partial charge in [0.15, 0.2) is 0 Å². The Bertz CT molecular complexity index is 364. The maximum Gasteiger partial charge on any atom is 0.0166 e. The normalized spacial score (nSPS) is 18.2. The minimum absolute atomic E-state index is 0.932. The Morgan fingerprint density at radius 1 is 1.21 bits per heavy atom. The SMILES string of the molecule is CNCCC1CCN(C/C=C/c2ccccc2)CC1. The summed E-state index contributed by atoms with van der Waals surface area (Å²) in [6.45, 7) is 4.77. The summed E-state index contributed by atoms with van der Waals surface area (Å²) in [6, 6.07) is 10.5. The molecule has 1 saturated heterocycles. The number of likely N-dealkylation sites (tertiary alicyclic amines) is 1. The van der Waals surface area contributed by atoms with E-state index in [1.54, 1.807) is 0 Å². The highest BCUT2D eigenvalue weighted by Crippen LogP contribution is 2.19. The van der Waals surface area contributed by atoms with Gasteiger partial charge in [-0.05, 0) is 57.4 Å². The molecule has 1 aromatic carbocycles. The summed E-state index contributed by atoms with van der Waals surface area (Å²) in [5, 5.41) is 3.25. The Hall–Kier alpha value is -1.12. The smallest absolute Gasteiger partial charge is 0.0166 e. The van der Waals surface area contributed by atoms with Crippen LogP contribution in [0.2, 0.25) is 0 Å². The van der Waals surface area contributed by atoms with Crippen molar-refractivity contribution in [3.63, 3.8) is 0 Å². The largest absolute Gasteiger partial charge is 0.320 e. The lowest BCUT2D eigenvalue weighted by molar-refractivity contribution is 0.195. The van der Waals surface area contributed by atoms with Crippen LogP contribution in [0.25, 0.3) is 6.08 Å². The molecule has 1 aliphatic heterocycles. The third-order valence-electron chi connectivity index (χ3n) is 3.98. The highest BCUT2D eigenvalue weighted by molar-refractivity contribution is 5.48. The molecule has 0 saturated carbocycles. The summed E-state index contributed by atoms with van der Waals surface area (Å²) in [4.78, 5) is 2.56. The number of rotatable bonds is 6. The zero-order valence-electron chi connectivity index (χ0n) is 12.0. The molecule has 0 spiro atoms. The maximum atomic E-state index is 3.25. The third kappa shape index (κ3) is 5.17. The number of benzene rings is 1. The van der Waals surface area contributed by atoms with Gasteiger partial charge in [-0.1, -0.05) is 42.5 Å². The topological polar surface area (TPSA) is 15.3 Å². The molecule has 104 valence electrons. The third-order valence-corrected chi connectivity index (χ3v) is 3.98. The molecule has 0 unspecified atom stereocenters. The molecule has 19 heavy (non-hydrogen) atoms. The summed E-state index contributed by atoms with van der Waals surface area (Å²) in [7, 11) is 2.05. The molecule has 2 rings (SSSR count). The Morgan fingerprint density at radius 3 is 2.63 bits per heavy atom. The van der Waals surface area contributed by atoms with Gasteiger partial charge in [0, 0.05) is 6.54 Å². The van der Waals surface area contributed by atoms with E-state index in [0.717, 1.165) is 12.5 Å². The van der Waals surface area contributed by atoms with Gasteiger partial charge in [0.25, 0.3) is 0 Å². The van der Waals surface area contributed by atoms with Crippen LogP contribution >= 0.6 is 0 Å². The minimum Gasteiger partial charge on any atom is -0.320 e. The number of hydrogen-bond donors (Lipinski definition) is 1. The van der Waals surface area contributed by atoms with Crippen molar-refractivity contribution in [1.82, 2.24) is 10.2 Å². The van der Waals surface area contributed by atoms with E-state index in [4.69, 9.17) is 0 Å². The van der Waals surface area contributed by atoms with Crippen molar-refractivity contribution in [3.05, 3.63) is 42.0 Å². The highest BCUT2D eigenvalue weighted by Gasteiger charge is 2.17. The molecule has 2 heteroatoms. The lowest BCUT2D eigenvalue weighted by atomic mass is 9.93. The lowest BCUT2D eigenvalue weighted by Gasteiger charge is -2.31. The molecule has 0 bridgehead atoms. The number of piperidine rings is 1. The van der Waals surface area contributed by atoms with Gasteiger partial charge in [-0.2, -0.15) is 0 Å². The minimum atomic E-state index is 0.932. The molecule has 1 aromatic rings. The number of nitrogens with one attached hydrogen (secondary N) is 1. The van der Waals surface area contributed by atoms with Crippen molar-refractivity contribution >= 4 is 6.08 Å². The van der Waals surface area contributed by atoms with Gasteiger partial charge in [-0.15, -0.1) is 0 Å².